The Kier molecular flexibility index (Phi) is 4.88. The number of aryl methyl sites for hydroxylation is 1. The van der Waals surface area contributed by atoms with Crippen LogP contribution in [0.4, 0.5) is 0 Å². The van der Waals surface area contributed by atoms with Gasteiger partial charge in [0.05, 0.1) is 17.1 Å². The van der Waals surface area contributed by atoms with Gasteiger partial charge in [-0.2, -0.15) is 0 Å². The number of imidazole rings is 1. The van der Waals surface area contributed by atoms with E-state index in [2.05, 4.69) is 20.7 Å². The average molecular weight is 359 g/mol. The molecule has 1 atom stereocenters. The molecule has 1 aliphatic carbocycles. The van der Waals surface area contributed by atoms with Gasteiger partial charge in [-0.1, -0.05) is 6.42 Å². The Morgan fingerprint density at radius 1 is 1.32 bits per heavy atom. The second-order valence-electron chi connectivity index (χ2n) is 7.45. The van der Waals surface area contributed by atoms with Crippen LogP contribution in [0.25, 0.3) is 0 Å². The van der Waals surface area contributed by atoms with Gasteiger partial charge in [0.2, 0.25) is 5.91 Å². The smallest absolute Gasteiger partial charge is 0.228 e. The summed E-state index contributed by atoms with van der Waals surface area (Å²) in [6, 6.07) is 0. The Labute approximate surface area is 153 Å². The molecule has 0 bridgehead atoms. The van der Waals surface area contributed by atoms with Crippen LogP contribution < -0.4 is 0 Å². The van der Waals surface area contributed by atoms with Gasteiger partial charge in [0.1, 0.15) is 5.82 Å². The van der Waals surface area contributed by atoms with Crippen molar-refractivity contribution in [3.63, 3.8) is 0 Å². The van der Waals surface area contributed by atoms with E-state index < -0.39 is 0 Å². The summed E-state index contributed by atoms with van der Waals surface area (Å²) in [5, 5.41) is 3.03. The molecular weight excluding hydrogens is 332 g/mol. The third-order valence-electron chi connectivity index (χ3n) is 5.57. The molecule has 2 fully saturated rings. The van der Waals surface area contributed by atoms with Crippen molar-refractivity contribution in [2.24, 2.45) is 5.92 Å². The van der Waals surface area contributed by atoms with Crippen molar-refractivity contribution in [2.75, 3.05) is 13.1 Å². The number of aromatic nitrogens is 3. The lowest BCUT2D eigenvalue weighted by Gasteiger charge is -2.33. The molecule has 1 saturated heterocycles. The van der Waals surface area contributed by atoms with Gasteiger partial charge in [-0.05, 0) is 38.5 Å². The minimum atomic E-state index is 0.201. The van der Waals surface area contributed by atoms with Crippen molar-refractivity contribution in [1.29, 1.82) is 0 Å². The minimum absolute atomic E-state index is 0.201. The molecule has 134 valence electrons. The number of carbonyl (C=O) groups excluding carboxylic acids is 1. The van der Waals surface area contributed by atoms with E-state index in [4.69, 9.17) is 0 Å². The van der Waals surface area contributed by atoms with Gasteiger partial charge in [-0.25, -0.2) is 9.97 Å². The lowest BCUT2D eigenvalue weighted by molar-refractivity contribution is -0.131. The number of nitrogens with zero attached hydrogens (tertiary/aromatic N) is 4. The molecule has 25 heavy (non-hydrogen) atoms. The van der Waals surface area contributed by atoms with E-state index in [0.717, 1.165) is 49.1 Å². The largest absolute Gasteiger partial charge is 0.342 e. The van der Waals surface area contributed by atoms with Crippen LogP contribution in [0.3, 0.4) is 0 Å². The Morgan fingerprint density at radius 2 is 2.20 bits per heavy atom. The summed E-state index contributed by atoms with van der Waals surface area (Å²) in [4.78, 5) is 23.8. The molecule has 1 unspecified atom stereocenters. The lowest BCUT2D eigenvalue weighted by atomic mass is 9.85. The van der Waals surface area contributed by atoms with Crippen LogP contribution in [0.2, 0.25) is 0 Å². The molecule has 0 N–H and O–H groups in total. The lowest BCUT2D eigenvalue weighted by Crippen LogP contribution is -2.40. The van der Waals surface area contributed by atoms with Gasteiger partial charge in [-0.15, -0.1) is 11.3 Å². The quantitative estimate of drug-likeness (QED) is 0.823. The molecule has 6 heteroatoms. The van der Waals surface area contributed by atoms with Crippen LogP contribution in [-0.4, -0.2) is 38.4 Å². The molecule has 1 aliphatic heterocycles. The van der Waals surface area contributed by atoms with Crippen molar-refractivity contribution >= 4 is 17.2 Å². The summed E-state index contributed by atoms with van der Waals surface area (Å²) in [6.45, 7) is 4.74. The van der Waals surface area contributed by atoms with Crippen LogP contribution >= 0.6 is 11.3 Å². The first-order valence-corrected chi connectivity index (χ1v) is 10.3. The monoisotopic (exact) mass is 358 g/mol. The maximum absolute atomic E-state index is 12.7. The second kappa shape index (κ2) is 7.28. The number of hydrogen-bond donors (Lipinski definition) is 0. The fourth-order valence-corrected chi connectivity index (χ4v) is 4.57. The molecule has 2 aliphatic rings. The zero-order valence-electron chi connectivity index (χ0n) is 14.9. The number of carbonyl (C=O) groups is 1. The van der Waals surface area contributed by atoms with E-state index in [9.17, 15) is 4.79 Å². The summed E-state index contributed by atoms with van der Waals surface area (Å²) in [6.07, 6.45) is 10.7. The van der Waals surface area contributed by atoms with E-state index in [0.29, 0.717) is 12.3 Å². The number of hydrogen-bond acceptors (Lipinski definition) is 4. The summed E-state index contributed by atoms with van der Waals surface area (Å²) >= 11 is 1.61. The highest BCUT2D eigenvalue weighted by molar-refractivity contribution is 7.09. The third-order valence-corrected chi connectivity index (χ3v) is 6.39. The number of thiazole rings is 1. The molecule has 0 spiro atoms. The number of amides is 1. The van der Waals surface area contributed by atoms with E-state index >= 15 is 0 Å². The normalized spacial score (nSPS) is 21.3. The van der Waals surface area contributed by atoms with Gasteiger partial charge in [0.25, 0.3) is 0 Å². The van der Waals surface area contributed by atoms with Gasteiger partial charge >= 0.3 is 0 Å². The zero-order valence-corrected chi connectivity index (χ0v) is 15.7. The first-order chi connectivity index (χ1) is 12.2. The Morgan fingerprint density at radius 3 is 2.92 bits per heavy atom. The summed E-state index contributed by atoms with van der Waals surface area (Å²) < 4.78 is 2.34. The highest BCUT2D eigenvalue weighted by Gasteiger charge is 2.28. The molecule has 0 radical (unpaired) electrons. The summed E-state index contributed by atoms with van der Waals surface area (Å²) in [7, 11) is 0. The Balaban J connectivity index is 1.40. The maximum Gasteiger partial charge on any atom is 0.228 e. The van der Waals surface area contributed by atoms with Gasteiger partial charge < -0.3 is 9.47 Å². The molecule has 0 aromatic carbocycles. The van der Waals surface area contributed by atoms with E-state index in [1.807, 2.05) is 23.4 Å². The van der Waals surface area contributed by atoms with Gasteiger partial charge in [-0.3, -0.25) is 4.79 Å². The van der Waals surface area contributed by atoms with E-state index in [-0.39, 0.29) is 5.91 Å². The van der Waals surface area contributed by atoms with Crippen molar-refractivity contribution < 1.29 is 4.79 Å². The molecule has 2 aromatic heterocycles. The molecule has 1 saturated carbocycles. The molecule has 1 amide bonds. The topological polar surface area (TPSA) is 51.0 Å². The zero-order chi connectivity index (χ0) is 17.2. The fraction of sp³-hybridized carbons (Fsp3) is 0.632. The Bertz CT molecular complexity index is 733. The SMILES string of the molecule is Cc1nc(CC(=O)N2CCCC(c3nccn3CC3CCC3)C2)cs1. The first kappa shape index (κ1) is 16.8. The van der Waals surface area contributed by atoms with Crippen molar-refractivity contribution in [2.45, 2.75) is 57.9 Å². The second-order valence-corrected chi connectivity index (χ2v) is 8.51. The standard InChI is InChI=1S/C19H26N4OS/c1-14-21-17(13-25-14)10-18(24)22-8-3-6-16(12-22)19-20-7-9-23(19)11-15-4-2-5-15/h7,9,13,15-16H,2-6,8,10-12H2,1H3. The minimum Gasteiger partial charge on any atom is -0.342 e. The van der Waals surface area contributed by atoms with Gasteiger partial charge in [0.15, 0.2) is 0 Å². The van der Waals surface area contributed by atoms with Crippen LogP contribution in [0.15, 0.2) is 17.8 Å². The highest BCUT2D eigenvalue weighted by Crippen LogP contribution is 2.31. The van der Waals surface area contributed by atoms with Crippen LogP contribution in [0, 0.1) is 12.8 Å². The number of likely N-dealkylation sites (tertiary alicyclic amines) is 1. The molecular formula is C19H26N4OS. The highest BCUT2D eigenvalue weighted by atomic mass is 32.1. The van der Waals surface area contributed by atoms with Crippen molar-refractivity contribution in [3.05, 3.63) is 34.3 Å². The predicted octanol–water partition coefficient (Wildman–Crippen LogP) is 3.40. The summed E-state index contributed by atoms with van der Waals surface area (Å²) in [5.74, 6) is 2.56. The fourth-order valence-electron chi connectivity index (χ4n) is 3.96. The average Bonchev–Trinajstić information content (AvgIpc) is 3.20. The van der Waals surface area contributed by atoms with Crippen molar-refractivity contribution in [3.8, 4) is 0 Å². The molecule has 4 rings (SSSR count). The van der Waals surface area contributed by atoms with Gasteiger partial charge in [0, 0.05) is 43.3 Å². The van der Waals surface area contributed by atoms with Crippen molar-refractivity contribution in [1.82, 2.24) is 19.4 Å². The number of piperidine rings is 1. The molecule has 2 aromatic rings. The maximum atomic E-state index is 12.7. The van der Waals surface area contributed by atoms with E-state index in [1.165, 1.54) is 25.1 Å². The first-order valence-electron chi connectivity index (χ1n) is 9.39. The molecule has 3 heterocycles. The summed E-state index contributed by atoms with van der Waals surface area (Å²) in [5.41, 5.74) is 0.904. The number of rotatable bonds is 5. The molecule has 5 nitrogen and oxygen atoms in total. The van der Waals surface area contributed by atoms with Crippen LogP contribution in [0.1, 0.15) is 54.5 Å². The van der Waals surface area contributed by atoms with Crippen LogP contribution in [0.5, 0.6) is 0 Å². The van der Waals surface area contributed by atoms with E-state index in [1.54, 1.807) is 11.3 Å². The van der Waals surface area contributed by atoms with Crippen LogP contribution in [-0.2, 0) is 17.8 Å². The Hall–Kier alpha value is -1.69. The predicted molar refractivity (Wildman–Crippen MR) is 98.7 cm³/mol. The third kappa shape index (κ3) is 3.78.